The standard InChI is InChI=1S/C17H21N3O4/c1-10-4-13(10)20-8-12(6-16(20)21)19-17(22)18-7-11-2-3-14-15(5-11)24-9-23-14/h2-3,5,10,12-13H,4,6-9H2,1H3,(H2,18,19,22). The molecule has 3 amide bonds. The Morgan fingerprint density at radius 1 is 1.33 bits per heavy atom. The third kappa shape index (κ3) is 2.98. The number of likely N-dealkylation sites (tertiary alicyclic amines) is 1. The highest BCUT2D eigenvalue weighted by molar-refractivity contribution is 5.82. The van der Waals surface area contributed by atoms with Gasteiger partial charge in [-0.2, -0.15) is 0 Å². The average Bonchev–Trinajstić information content (AvgIpc) is 2.96. The van der Waals surface area contributed by atoms with Gasteiger partial charge in [-0.1, -0.05) is 13.0 Å². The van der Waals surface area contributed by atoms with Crippen LogP contribution in [0.5, 0.6) is 11.5 Å². The normalized spacial score (nSPS) is 27.3. The fourth-order valence-electron chi connectivity index (χ4n) is 3.36. The summed E-state index contributed by atoms with van der Waals surface area (Å²) in [4.78, 5) is 26.0. The average molecular weight is 331 g/mol. The number of ether oxygens (including phenoxy) is 2. The summed E-state index contributed by atoms with van der Waals surface area (Å²) in [5.74, 6) is 2.16. The molecule has 1 saturated heterocycles. The molecule has 3 aliphatic rings. The van der Waals surface area contributed by atoms with E-state index >= 15 is 0 Å². The van der Waals surface area contributed by atoms with Gasteiger partial charge in [0.1, 0.15) is 0 Å². The number of fused-ring (bicyclic) bond motifs is 1. The van der Waals surface area contributed by atoms with Gasteiger partial charge in [0, 0.05) is 25.6 Å². The van der Waals surface area contributed by atoms with Gasteiger partial charge in [-0.25, -0.2) is 4.79 Å². The van der Waals surface area contributed by atoms with Crippen LogP contribution >= 0.6 is 0 Å². The van der Waals surface area contributed by atoms with Gasteiger partial charge in [-0.15, -0.1) is 0 Å². The van der Waals surface area contributed by atoms with Gasteiger partial charge in [-0.3, -0.25) is 4.79 Å². The molecule has 1 aromatic rings. The Morgan fingerprint density at radius 3 is 2.92 bits per heavy atom. The first kappa shape index (κ1) is 15.1. The van der Waals surface area contributed by atoms with Crippen LogP contribution in [0.25, 0.3) is 0 Å². The largest absolute Gasteiger partial charge is 0.454 e. The highest BCUT2D eigenvalue weighted by Gasteiger charge is 2.44. The lowest BCUT2D eigenvalue weighted by molar-refractivity contribution is -0.128. The Balaban J connectivity index is 1.26. The van der Waals surface area contributed by atoms with Crippen molar-refractivity contribution in [3.05, 3.63) is 23.8 Å². The molecule has 2 heterocycles. The molecule has 2 aliphatic heterocycles. The second kappa shape index (κ2) is 5.89. The molecule has 3 atom stereocenters. The van der Waals surface area contributed by atoms with Crippen molar-refractivity contribution >= 4 is 11.9 Å². The van der Waals surface area contributed by atoms with E-state index in [1.807, 2.05) is 23.1 Å². The fraction of sp³-hybridized carbons (Fsp3) is 0.529. The SMILES string of the molecule is CC1CC1N1CC(NC(=O)NCc2ccc3c(c2)OCO3)CC1=O. The summed E-state index contributed by atoms with van der Waals surface area (Å²) in [7, 11) is 0. The van der Waals surface area contributed by atoms with Gasteiger partial charge in [0.05, 0.1) is 6.04 Å². The molecule has 4 rings (SSSR count). The maximum Gasteiger partial charge on any atom is 0.315 e. The lowest BCUT2D eigenvalue weighted by Gasteiger charge is -2.17. The number of carbonyl (C=O) groups excluding carboxylic acids is 2. The van der Waals surface area contributed by atoms with E-state index in [-0.39, 0.29) is 24.8 Å². The number of nitrogens with zero attached hydrogens (tertiary/aromatic N) is 1. The molecule has 1 aliphatic carbocycles. The second-order valence-corrected chi connectivity index (χ2v) is 6.74. The topological polar surface area (TPSA) is 79.9 Å². The van der Waals surface area contributed by atoms with Crippen LogP contribution in [-0.2, 0) is 11.3 Å². The zero-order valence-electron chi connectivity index (χ0n) is 13.6. The lowest BCUT2D eigenvalue weighted by atomic mass is 10.2. The molecule has 0 aromatic heterocycles. The molecule has 128 valence electrons. The van der Waals surface area contributed by atoms with Crippen molar-refractivity contribution in [3.63, 3.8) is 0 Å². The molecule has 2 N–H and O–H groups in total. The molecule has 1 saturated carbocycles. The van der Waals surface area contributed by atoms with Crippen LogP contribution in [0.4, 0.5) is 4.79 Å². The van der Waals surface area contributed by atoms with Gasteiger partial charge >= 0.3 is 6.03 Å². The van der Waals surface area contributed by atoms with E-state index in [1.165, 1.54) is 0 Å². The monoisotopic (exact) mass is 331 g/mol. The van der Waals surface area contributed by atoms with Crippen molar-refractivity contribution in [2.24, 2.45) is 5.92 Å². The Morgan fingerprint density at radius 2 is 2.12 bits per heavy atom. The smallest absolute Gasteiger partial charge is 0.315 e. The fourth-order valence-corrected chi connectivity index (χ4v) is 3.36. The van der Waals surface area contributed by atoms with Gasteiger partial charge in [0.2, 0.25) is 12.7 Å². The van der Waals surface area contributed by atoms with E-state index in [1.54, 1.807) is 0 Å². The second-order valence-electron chi connectivity index (χ2n) is 6.74. The Kier molecular flexibility index (Phi) is 3.70. The molecule has 24 heavy (non-hydrogen) atoms. The summed E-state index contributed by atoms with van der Waals surface area (Å²) in [5.41, 5.74) is 0.935. The minimum Gasteiger partial charge on any atom is -0.454 e. The van der Waals surface area contributed by atoms with E-state index in [2.05, 4.69) is 17.6 Å². The van der Waals surface area contributed by atoms with E-state index in [4.69, 9.17) is 9.47 Å². The molecule has 7 heteroatoms. The minimum absolute atomic E-state index is 0.109. The predicted molar refractivity (Wildman–Crippen MR) is 85.6 cm³/mol. The third-order valence-electron chi connectivity index (χ3n) is 4.85. The molecule has 0 bridgehead atoms. The van der Waals surface area contributed by atoms with Crippen LogP contribution in [0.1, 0.15) is 25.3 Å². The number of rotatable bonds is 4. The molecular weight excluding hydrogens is 310 g/mol. The van der Waals surface area contributed by atoms with Crippen molar-refractivity contribution < 1.29 is 19.1 Å². The van der Waals surface area contributed by atoms with Crippen molar-refractivity contribution in [2.45, 2.75) is 38.4 Å². The number of nitrogens with one attached hydrogen (secondary N) is 2. The van der Waals surface area contributed by atoms with Crippen molar-refractivity contribution in [3.8, 4) is 11.5 Å². The van der Waals surface area contributed by atoms with Gasteiger partial charge < -0.3 is 25.0 Å². The zero-order valence-corrected chi connectivity index (χ0v) is 13.6. The highest BCUT2D eigenvalue weighted by Crippen LogP contribution is 2.37. The molecule has 2 fully saturated rings. The number of urea groups is 1. The zero-order chi connectivity index (χ0) is 16.7. The number of benzene rings is 1. The first-order chi connectivity index (χ1) is 11.6. The van der Waals surface area contributed by atoms with Gasteiger partial charge in [0.15, 0.2) is 11.5 Å². The van der Waals surface area contributed by atoms with Gasteiger partial charge in [0.25, 0.3) is 0 Å². The number of hydrogen-bond donors (Lipinski definition) is 2. The lowest BCUT2D eigenvalue weighted by Crippen LogP contribution is -2.43. The van der Waals surface area contributed by atoms with Crippen LogP contribution in [0, 0.1) is 5.92 Å². The van der Waals surface area contributed by atoms with Crippen LogP contribution < -0.4 is 20.1 Å². The summed E-state index contributed by atoms with van der Waals surface area (Å²) in [6, 6.07) is 5.60. The molecule has 0 radical (unpaired) electrons. The Hall–Kier alpha value is -2.44. The Bertz CT molecular complexity index is 678. The third-order valence-corrected chi connectivity index (χ3v) is 4.85. The van der Waals surface area contributed by atoms with Crippen molar-refractivity contribution in [2.75, 3.05) is 13.3 Å². The highest BCUT2D eigenvalue weighted by atomic mass is 16.7. The number of carbonyl (C=O) groups is 2. The summed E-state index contributed by atoms with van der Waals surface area (Å²) in [6.07, 6.45) is 1.47. The van der Waals surface area contributed by atoms with Crippen LogP contribution in [-0.4, -0.2) is 42.3 Å². The van der Waals surface area contributed by atoms with Crippen molar-refractivity contribution in [1.82, 2.24) is 15.5 Å². The predicted octanol–water partition coefficient (Wildman–Crippen LogP) is 1.22. The number of amides is 3. The summed E-state index contributed by atoms with van der Waals surface area (Å²) in [5, 5.41) is 5.71. The molecule has 0 spiro atoms. The Labute approximate surface area is 140 Å². The maximum absolute atomic E-state index is 12.1. The van der Waals surface area contributed by atoms with E-state index in [0.29, 0.717) is 37.2 Å². The summed E-state index contributed by atoms with van der Waals surface area (Å²) >= 11 is 0. The van der Waals surface area contributed by atoms with Crippen LogP contribution in [0.3, 0.4) is 0 Å². The minimum atomic E-state index is -0.254. The molecule has 7 nitrogen and oxygen atoms in total. The molecule has 3 unspecified atom stereocenters. The first-order valence-electron chi connectivity index (χ1n) is 8.32. The summed E-state index contributed by atoms with van der Waals surface area (Å²) in [6.45, 7) is 3.40. The van der Waals surface area contributed by atoms with Crippen LogP contribution in [0.15, 0.2) is 18.2 Å². The van der Waals surface area contributed by atoms with E-state index < -0.39 is 0 Å². The first-order valence-corrected chi connectivity index (χ1v) is 8.32. The quantitative estimate of drug-likeness (QED) is 0.869. The molecule has 1 aromatic carbocycles. The van der Waals surface area contributed by atoms with E-state index in [9.17, 15) is 9.59 Å². The molecular formula is C17H21N3O4. The van der Waals surface area contributed by atoms with E-state index in [0.717, 1.165) is 17.7 Å². The summed E-state index contributed by atoms with van der Waals surface area (Å²) < 4.78 is 10.6. The van der Waals surface area contributed by atoms with Gasteiger partial charge in [-0.05, 0) is 30.0 Å². The van der Waals surface area contributed by atoms with Crippen LogP contribution in [0.2, 0.25) is 0 Å². The number of hydrogen-bond acceptors (Lipinski definition) is 4. The van der Waals surface area contributed by atoms with Crippen molar-refractivity contribution in [1.29, 1.82) is 0 Å². The maximum atomic E-state index is 12.1.